The van der Waals surface area contributed by atoms with E-state index < -0.39 is 11.9 Å². The first-order valence-corrected chi connectivity index (χ1v) is 7.87. The first kappa shape index (κ1) is 15.5. The van der Waals surface area contributed by atoms with Crippen molar-refractivity contribution < 1.29 is 14.3 Å². The van der Waals surface area contributed by atoms with Gasteiger partial charge in [0.1, 0.15) is 5.82 Å². The first-order chi connectivity index (χ1) is 9.41. The van der Waals surface area contributed by atoms with Crippen molar-refractivity contribution in [1.29, 1.82) is 0 Å². The van der Waals surface area contributed by atoms with Gasteiger partial charge in [-0.05, 0) is 58.7 Å². The van der Waals surface area contributed by atoms with E-state index in [9.17, 15) is 14.3 Å². The fourth-order valence-corrected chi connectivity index (χ4v) is 3.64. The van der Waals surface area contributed by atoms with Crippen molar-refractivity contribution in [1.82, 2.24) is 0 Å². The third-order valence-electron chi connectivity index (χ3n) is 4.53. The number of aliphatic carboxylic acids is 1. The van der Waals surface area contributed by atoms with Crippen LogP contribution in [-0.2, 0) is 4.79 Å². The highest BCUT2D eigenvalue weighted by atomic mass is 79.9. The van der Waals surface area contributed by atoms with Gasteiger partial charge in [-0.2, -0.15) is 0 Å². The van der Waals surface area contributed by atoms with Crippen LogP contribution in [0.4, 0.5) is 4.39 Å². The summed E-state index contributed by atoms with van der Waals surface area (Å²) in [6.45, 7) is 4.31. The smallest absolute Gasteiger partial charge is 0.307 e. The zero-order valence-corrected chi connectivity index (χ0v) is 13.4. The molecule has 0 bridgehead atoms. The molecule has 1 aromatic carbocycles. The van der Waals surface area contributed by atoms with Gasteiger partial charge in [0, 0.05) is 5.92 Å². The average molecular weight is 343 g/mol. The number of carbonyl (C=O) groups is 1. The van der Waals surface area contributed by atoms with Gasteiger partial charge in [-0.15, -0.1) is 0 Å². The molecule has 20 heavy (non-hydrogen) atoms. The summed E-state index contributed by atoms with van der Waals surface area (Å²) in [5.41, 5.74) is 0.539. The van der Waals surface area contributed by atoms with Crippen molar-refractivity contribution in [3.8, 4) is 0 Å². The summed E-state index contributed by atoms with van der Waals surface area (Å²) in [7, 11) is 0. The van der Waals surface area contributed by atoms with Gasteiger partial charge in [0.15, 0.2) is 0 Å². The highest BCUT2D eigenvalue weighted by molar-refractivity contribution is 9.10. The van der Waals surface area contributed by atoms with Crippen LogP contribution in [-0.4, -0.2) is 11.1 Å². The molecule has 0 spiro atoms. The molecule has 1 fully saturated rings. The Hall–Kier alpha value is -0.900. The molecule has 3 atom stereocenters. The molecule has 1 aromatic rings. The summed E-state index contributed by atoms with van der Waals surface area (Å²) in [6.07, 6.45) is 2.30. The molecule has 110 valence electrons. The van der Waals surface area contributed by atoms with Gasteiger partial charge in [-0.3, -0.25) is 4.79 Å². The van der Waals surface area contributed by atoms with Gasteiger partial charge in [-0.25, -0.2) is 4.39 Å². The van der Waals surface area contributed by atoms with Crippen LogP contribution in [0.3, 0.4) is 0 Å². The maximum Gasteiger partial charge on any atom is 0.307 e. The Morgan fingerprint density at radius 2 is 2.10 bits per heavy atom. The summed E-state index contributed by atoms with van der Waals surface area (Å²) in [5, 5.41) is 9.42. The molecule has 0 radical (unpaired) electrons. The van der Waals surface area contributed by atoms with E-state index in [2.05, 4.69) is 29.8 Å². The van der Waals surface area contributed by atoms with E-state index in [4.69, 9.17) is 0 Å². The Balaban J connectivity index is 2.36. The standard InChI is InChI=1S/C16H20BrFO2/c1-9(2)10-6-7-12(16(19)20)13(8-10)11-4-3-5-14(17)15(11)18/h3-5,9-10,12-13H,6-8H2,1-2H3,(H,19,20). The first-order valence-electron chi connectivity index (χ1n) is 7.08. The van der Waals surface area contributed by atoms with Gasteiger partial charge in [0.05, 0.1) is 10.4 Å². The van der Waals surface area contributed by atoms with Crippen molar-refractivity contribution in [3.05, 3.63) is 34.1 Å². The molecule has 2 rings (SSSR count). The highest BCUT2D eigenvalue weighted by Crippen LogP contribution is 2.44. The summed E-state index contributed by atoms with van der Waals surface area (Å²) >= 11 is 3.19. The monoisotopic (exact) mass is 342 g/mol. The van der Waals surface area contributed by atoms with Crippen molar-refractivity contribution in [2.45, 2.75) is 39.0 Å². The summed E-state index contributed by atoms with van der Waals surface area (Å²) in [6, 6.07) is 5.15. The van der Waals surface area contributed by atoms with Crippen LogP contribution >= 0.6 is 15.9 Å². The molecule has 1 saturated carbocycles. The lowest BCUT2D eigenvalue weighted by atomic mass is 9.68. The normalized spacial score (nSPS) is 26.8. The number of hydrogen-bond acceptors (Lipinski definition) is 1. The quantitative estimate of drug-likeness (QED) is 0.854. The summed E-state index contributed by atoms with van der Waals surface area (Å²) in [4.78, 5) is 11.5. The predicted octanol–water partition coefficient (Wildman–Crippen LogP) is 4.83. The molecule has 1 N–H and O–H groups in total. The van der Waals surface area contributed by atoms with Gasteiger partial charge >= 0.3 is 5.97 Å². The molecular weight excluding hydrogens is 323 g/mol. The molecule has 0 amide bonds. The van der Waals surface area contributed by atoms with E-state index in [-0.39, 0.29) is 11.7 Å². The molecule has 1 aliphatic rings. The largest absolute Gasteiger partial charge is 0.481 e. The topological polar surface area (TPSA) is 37.3 Å². The maximum atomic E-state index is 14.3. The minimum atomic E-state index is -0.809. The van der Waals surface area contributed by atoms with E-state index in [1.165, 1.54) is 0 Å². The van der Waals surface area contributed by atoms with E-state index in [0.29, 0.717) is 28.3 Å². The van der Waals surface area contributed by atoms with E-state index in [0.717, 1.165) is 12.8 Å². The molecule has 3 unspecified atom stereocenters. The number of carboxylic acid groups (broad SMARTS) is 1. The second-order valence-electron chi connectivity index (χ2n) is 6.01. The fraction of sp³-hybridized carbons (Fsp3) is 0.562. The second kappa shape index (κ2) is 6.25. The third kappa shape index (κ3) is 3.05. The highest BCUT2D eigenvalue weighted by Gasteiger charge is 2.38. The van der Waals surface area contributed by atoms with Crippen LogP contribution in [0.15, 0.2) is 22.7 Å². The zero-order valence-electron chi connectivity index (χ0n) is 11.8. The lowest BCUT2D eigenvalue weighted by Gasteiger charge is -2.36. The van der Waals surface area contributed by atoms with Crippen molar-refractivity contribution >= 4 is 21.9 Å². The lowest BCUT2D eigenvalue weighted by Crippen LogP contribution is -2.31. The Bertz CT molecular complexity index is 501. The van der Waals surface area contributed by atoms with Crippen molar-refractivity contribution in [2.75, 3.05) is 0 Å². The van der Waals surface area contributed by atoms with Gasteiger partial charge in [0.25, 0.3) is 0 Å². The van der Waals surface area contributed by atoms with Crippen LogP contribution < -0.4 is 0 Å². The minimum absolute atomic E-state index is 0.230. The molecule has 0 aliphatic heterocycles. The number of hydrogen-bond donors (Lipinski definition) is 1. The SMILES string of the molecule is CC(C)C1CCC(C(=O)O)C(c2cccc(Br)c2F)C1. The van der Waals surface area contributed by atoms with Crippen LogP contribution in [0, 0.1) is 23.6 Å². The Labute approximate surface area is 127 Å². The van der Waals surface area contributed by atoms with Crippen LogP contribution in [0.2, 0.25) is 0 Å². The van der Waals surface area contributed by atoms with E-state index >= 15 is 0 Å². The minimum Gasteiger partial charge on any atom is -0.481 e. The predicted molar refractivity (Wildman–Crippen MR) is 80.1 cm³/mol. The summed E-state index contributed by atoms with van der Waals surface area (Å²) < 4.78 is 14.7. The third-order valence-corrected chi connectivity index (χ3v) is 5.14. The van der Waals surface area contributed by atoms with Crippen LogP contribution in [0.25, 0.3) is 0 Å². The molecule has 4 heteroatoms. The second-order valence-corrected chi connectivity index (χ2v) is 6.87. The molecule has 0 aromatic heterocycles. The lowest BCUT2D eigenvalue weighted by molar-refractivity contribution is -0.144. The van der Waals surface area contributed by atoms with E-state index in [1.807, 2.05) is 0 Å². The molecule has 1 aliphatic carbocycles. The Kier molecular flexibility index (Phi) is 4.84. The summed E-state index contributed by atoms with van der Waals surface area (Å²) in [5.74, 6) is -0.860. The Morgan fingerprint density at radius 1 is 1.40 bits per heavy atom. The maximum absolute atomic E-state index is 14.3. The van der Waals surface area contributed by atoms with Gasteiger partial charge in [-0.1, -0.05) is 26.0 Å². The van der Waals surface area contributed by atoms with Gasteiger partial charge < -0.3 is 5.11 Å². The number of halogens is 2. The average Bonchev–Trinajstić information content (AvgIpc) is 2.41. The molecule has 2 nitrogen and oxygen atoms in total. The zero-order chi connectivity index (χ0) is 14.9. The number of benzene rings is 1. The fourth-order valence-electron chi connectivity index (χ4n) is 3.25. The van der Waals surface area contributed by atoms with Crippen LogP contribution in [0.1, 0.15) is 44.6 Å². The molecular formula is C16H20BrFO2. The molecule has 0 heterocycles. The van der Waals surface area contributed by atoms with Crippen molar-refractivity contribution in [2.24, 2.45) is 17.8 Å². The number of carboxylic acids is 1. The Morgan fingerprint density at radius 3 is 2.70 bits per heavy atom. The van der Waals surface area contributed by atoms with Crippen LogP contribution in [0.5, 0.6) is 0 Å². The van der Waals surface area contributed by atoms with Crippen molar-refractivity contribution in [3.63, 3.8) is 0 Å². The van der Waals surface area contributed by atoms with Gasteiger partial charge in [0.2, 0.25) is 0 Å². The van der Waals surface area contributed by atoms with E-state index in [1.54, 1.807) is 18.2 Å². The number of rotatable bonds is 3. The molecule has 0 saturated heterocycles.